The van der Waals surface area contributed by atoms with Crippen molar-refractivity contribution in [1.29, 1.82) is 0 Å². The summed E-state index contributed by atoms with van der Waals surface area (Å²) in [4.78, 5) is 16.3. The molecule has 1 amide bonds. The van der Waals surface area contributed by atoms with Gasteiger partial charge in [-0.15, -0.1) is 0 Å². The number of aromatic nitrogens is 1. The maximum Gasteiger partial charge on any atom is 0.224 e. The third-order valence-electron chi connectivity index (χ3n) is 5.48. The molecule has 0 aliphatic carbocycles. The number of fused-ring (bicyclic) bond motifs is 1. The van der Waals surface area contributed by atoms with E-state index in [2.05, 4.69) is 16.4 Å². The lowest BCUT2D eigenvalue weighted by Crippen LogP contribution is -2.13. The van der Waals surface area contributed by atoms with E-state index in [4.69, 9.17) is 14.2 Å². The van der Waals surface area contributed by atoms with Gasteiger partial charge in [-0.2, -0.15) is 0 Å². The summed E-state index contributed by atoms with van der Waals surface area (Å²) >= 11 is 0. The molecule has 6 heteroatoms. The van der Waals surface area contributed by atoms with Gasteiger partial charge in [-0.1, -0.05) is 18.2 Å². The van der Waals surface area contributed by atoms with Crippen LogP contribution in [0.2, 0.25) is 0 Å². The third-order valence-corrected chi connectivity index (χ3v) is 5.48. The van der Waals surface area contributed by atoms with Crippen LogP contribution in [0.4, 0.5) is 5.69 Å². The Bertz CT molecular complexity index is 1230. The zero-order valence-electron chi connectivity index (χ0n) is 18.4. The van der Waals surface area contributed by atoms with E-state index in [9.17, 15) is 4.79 Å². The van der Waals surface area contributed by atoms with Crippen LogP contribution in [0.15, 0.2) is 66.7 Å². The quantitative estimate of drug-likeness (QED) is 0.391. The highest BCUT2D eigenvalue weighted by Crippen LogP contribution is 2.33. The molecule has 0 aliphatic heterocycles. The molecule has 0 aliphatic rings. The molecule has 0 fully saturated rings. The SMILES string of the molecule is COc1ccc(-c2[nH]c3ccccc3c2CCC(=O)Nc2ccc(OC)cc2OC)cc1. The number of H-pyrrole nitrogens is 1. The molecule has 0 radical (unpaired) electrons. The van der Waals surface area contributed by atoms with Gasteiger partial charge in [0.25, 0.3) is 0 Å². The normalized spacial score (nSPS) is 10.7. The lowest BCUT2D eigenvalue weighted by Gasteiger charge is -2.12. The van der Waals surface area contributed by atoms with Crippen molar-refractivity contribution in [2.24, 2.45) is 0 Å². The van der Waals surface area contributed by atoms with E-state index in [1.165, 1.54) is 0 Å². The van der Waals surface area contributed by atoms with Crippen LogP contribution < -0.4 is 19.5 Å². The molecule has 4 rings (SSSR count). The summed E-state index contributed by atoms with van der Waals surface area (Å²) in [6.45, 7) is 0. The van der Waals surface area contributed by atoms with Gasteiger partial charge in [0.15, 0.2) is 0 Å². The zero-order valence-corrected chi connectivity index (χ0v) is 18.4. The Morgan fingerprint density at radius 3 is 2.31 bits per heavy atom. The lowest BCUT2D eigenvalue weighted by atomic mass is 10.0. The number of aryl methyl sites for hydroxylation is 1. The molecule has 0 saturated heterocycles. The first-order valence-corrected chi connectivity index (χ1v) is 10.4. The highest BCUT2D eigenvalue weighted by molar-refractivity contribution is 5.94. The maximum atomic E-state index is 12.8. The van der Waals surface area contributed by atoms with Gasteiger partial charge >= 0.3 is 0 Å². The molecule has 0 bridgehead atoms. The Hall–Kier alpha value is -3.93. The van der Waals surface area contributed by atoms with Crippen LogP contribution in [0.1, 0.15) is 12.0 Å². The number of aromatic amines is 1. The van der Waals surface area contributed by atoms with Crippen LogP contribution in [-0.2, 0) is 11.2 Å². The molecule has 1 aromatic heterocycles. The molecule has 4 aromatic rings. The van der Waals surface area contributed by atoms with Crippen molar-refractivity contribution < 1.29 is 19.0 Å². The average Bonchev–Trinajstić information content (AvgIpc) is 3.21. The van der Waals surface area contributed by atoms with E-state index in [0.717, 1.165) is 33.5 Å². The molecule has 1 heterocycles. The van der Waals surface area contributed by atoms with Crippen molar-refractivity contribution in [2.45, 2.75) is 12.8 Å². The summed E-state index contributed by atoms with van der Waals surface area (Å²) in [6, 6.07) is 21.4. The zero-order chi connectivity index (χ0) is 22.5. The van der Waals surface area contributed by atoms with Crippen molar-refractivity contribution in [3.63, 3.8) is 0 Å². The third kappa shape index (κ3) is 4.39. The van der Waals surface area contributed by atoms with Crippen LogP contribution in [-0.4, -0.2) is 32.2 Å². The first kappa shape index (κ1) is 21.3. The molecule has 0 spiro atoms. The maximum absolute atomic E-state index is 12.8. The fourth-order valence-electron chi connectivity index (χ4n) is 3.82. The molecule has 0 unspecified atom stereocenters. The highest BCUT2D eigenvalue weighted by atomic mass is 16.5. The molecule has 0 saturated carbocycles. The van der Waals surface area contributed by atoms with Crippen LogP contribution in [0.25, 0.3) is 22.2 Å². The number of hydrogen-bond donors (Lipinski definition) is 2. The van der Waals surface area contributed by atoms with Gasteiger partial charge in [0.05, 0.1) is 27.0 Å². The second-order valence-corrected chi connectivity index (χ2v) is 7.37. The smallest absolute Gasteiger partial charge is 0.224 e. The van der Waals surface area contributed by atoms with Gasteiger partial charge in [0.2, 0.25) is 5.91 Å². The Labute approximate surface area is 187 Å². The molecule has 164 valence electrons. The van der Waals surface area contributed by atoms with Gasteiger partial charge in [0.1, 0.15) is 17.2 Å². The monoisotopic (exact) mass is 430 g/mol. The number of rotatable bonds is 8. The first-order chi connectivity index (χ1) is 15.6. The van der Waals surface area contributed by atoms with Crippen LogP contribution >= 0.6 is 0 Å². The Balaban J connectivity index is 1.57. The van der Waals surface area contributed by atoms with E-state index < -0.39 is 0 Å². The summed E-state index contributed by atoms with van der Waals surface area (Å²) in [6.07, 6.45) is 0.926. The number of benzene rings is 3. The first-order valence-electron chi connectivity index (χ1n) is 10.4. The molecular weight excluding hydrogens is 404 g/mol. The summed E-state index contributed by atoms with van der Waals surface area (Å²) in [5, 5.41) is 4.07. The second-order valence-electron chi connectivity index (χ2n) is 7.37. The van der Waals surface area contributed by atoms with E-state index in [1.807, 2.05) is 42.5 Å². The van der Waals surface area contributed by atoms with E-state index >= 15 is 0 Å². The number of anilines is 1. The van der Waals surface area contributed by atoms with Crippen LogP contribution in [0.3, 0.4) is 0 Å². The second kappa shape index (κ2) is 9.47. The van der Waals surface area contributed by atoms with Gasteiger partial charge in [-0.05, 0) is 60.0 Å². The van der Waals surface area contributed by atoms with E-state index in [1.54, 1.807) is 39.5 Å². The number of carbonyl (C=O) groups is 1. The Kier molecular flexibility index (Phi) is 6.31. The number of carbonyl (C=O) groups excluding carboxylic acids is 1. The molecule has 0 atom stereocenters. The van der Waals surface area contributed by atoms with Crippen molar-refractivity contribution in [2.75, 3.05) is 26.6 Å². The lowest BCUT2D eigenvalue weighted by molar-refractivity contribution is -0.116. The number of amides is 1. The van der Waals surface area contributed by atoms with Gasteiger partial charge in [0, 0.05) is 29.1 Å². The molecule has 6 nitrogen and oxygen atoms in total. The number of methoxy groups -OCH3 is 3. The fraction of sp³-hybridized carbons (Fsp3) is 0.192. The number of para-hydroxylation sites is 1. The summed E-state index contributed by atoms with van der Waals surface area (Å²) in [5.41, 5.74) is 4.85. The standard InChI is InChI=1S/C26H26N2O4/c1-30-18-10-8-17(9-11-18)26-21(20-6-4-5-7-22(20)28-26)13-15-25(29)27-23-14-12-19(31-2)16-24(23)32-3/h4-12,14,16,28H,13,15H2,1-3H3,(H,27,29). The van der Waals surface area contributed by atoms with Crippen LogP contribution in [0, 0.1) is 0 Å². The van der Waals surface area contributed by atoms with E-state index in [0.29, 0.717) is 30.0 Å². The minimum Gasteiger partial charge on any atom is -0.497 e. The average molecular weight is 431 g/mol. The van der Waals surface area contributed by atoms with Gasteiger partial charge < -0.3 is 24.5 Å². The minimum atomic E-state index is -0.0839. The van der Waals surface area contributed by atoms with Gasteiger partial charge in [-0.3, -0.25) is 4.79 Å². The topological polar surface area (TPSA) is 72.6 Å². The van der Waals surface area contributed by atoms with Crippen molar-refractivity contribution in [3.8, 4) is 28.5 Å². The van der Waals surface area contributed by atoms with Crippen LogP contribution in [0.5, 0.6) is 17.2 Å². The van der Waals surface area contributed by atoms with E-state index in [-0.39, 0.29) is 5.91 Å². The molecule has 32 heavy (non-hydrogen) atoms. The van der Waals surface area contributed by atoms with Crippen molar-refractivity contribution >= 4 is 22.5 Å². The fourth-order valence-corrected chi connectivity index (χ4v) is 3.82. The molecule has 2 N–H and O–H groups in total. The Morgan fingerprint density at radius 2 is 1.59 bits per heavy atom. The summed E-state index contributed by atoms with van der Waals surface area (Å²) in [7, 11) is 4.81. The largest absolute Gasteiger partial charge is 0.497 e. The number of nitrogens with one attached hydrogen (secondary N) is 2. The molecule has 3 aromatic carbocycles. The predicted molar refractivity (Wildman–Crippen MR) is 127 cm³/mol. The predicted octanol–water partition coefficient (Wildman–Crippen LogP) is 5.43. The minimum absolute atomic E-state index is 0.0839. The summed E-state index contributed by atoms with van der Waals surface area (Å²) < 4.78 is 15.9. The Morgan fingerprint density at radius 1 is 0.875 bits per heavy atom. The van der Waals surface area contributed by atoms with Gasteiger partial charge in [-0.25, -0.2) is 0 Å². The summed E-state index contributed by atoms with van der Waals surface area (Å²) in [5.74, 6) is 1.95. The highest BCUT2D eigenvalue weighted by Gasteiger charge is 2.15. The number of hydrogen-bond acceptors (Lipinski definition) is 4. The van der Waals surface area contributed by atoms with Crippen molar-refractivity contribution in [3.05, 3.63) is 72.3 Å². The number of ether oxygens (including phenoxy) is 3. The molecular formula is C26H26N2O4. The van der Waals surface area contributed by atoms with Crippen molar-refractivity contribution in [1.82, 2.24) is 4.98 Å².